The van der Waals surface area contributed by atoms with Crippen LogP contribution in [0, 0.1) is 5.82 Å². The Balaban J connectivity index is 1.63. The molecule has 0 spiro atoms. The second-order valence-corrected chi connectivity index (χ2v) is 12.2. The van der Waals surface area contributed by atoms with Crippen LogP contribution in [-0.2, 0) is 0 Å². The standard InChI is InChI=1S/C26H24ClFN4O4S/c1-26(10-11-37(35,36)14-26)30-25(34)16-2-8-19-22(13-16)32(18-6-4-17(28)5-7-18)31-23(19)20-12-15(24(29)33)3-9-21(20)27/h2-9,12-13,35-36H,10-11,14H2,1H3,(H2,29,33)(H,30,34). The van der Waals surface area contributed by atoms with Crippen molar-refractivity contribution >= 4 is 44.9 Å². The number of hydrogen-bond acceptors (Lipinski definition) is 5. The van der Waals surface area contributed by atoms with E-state index in [0.29, 0.717) is 44.9 Å². The molecule has 5 N–H and O–H groups in total. The van der Waals surface area contributed by atoms with Crippen LogP contribution in [0.2, 0.25) is 5.02 Å². The summed E-state index contributed by atoms with van der Waals surface area (Å²) in [6, 6.07) is 15.4. The van der Waals surface area contributed by atoms with Crippen molar-refractivity contribution in [2.24, 2.45) is 5.73 Å². The molecule has 37 heavy (non-hydrogen) atoms. The maximum atomic E-state index is 13.6. The van der Waals surface area contributed by atoms with Crippen LogP contribution in [0.4, 0.5) is 4.39 Å². The average Bonchev–Trinajstić information content (AvgIpc) is 3.35. The van der Waals surface area contributed by atoms with Gasteiger partial charge in [-0.2, -0.15) is 15.7 Å². The number of carbonyl (C=O) groups is 2. The lowest BCUT2D eigenvalue weighted by Gasteiger charge is -2.30. The van der Waals surface area contributed by atoms with Crippen molar-refractivity contribution in [3.8, 4) is 16.9 Å². The summed E-state index contributed by atoms with van der Waals surface area (Å²) in [5, 5.41) is 8.65. The summed E-state index contributed by atoms with van der Waals surface area (Å²) in [6.45, 7) is 1.79. The zero-order valence-electron chi connectivity index (χ0n) is 19.7. The van der Waals surface area contributed by atoms with Gasteiger partial charge in [0.25, 0.3) is 5.91 Å². The highest BCUT2D eigenvalue weighted by molar-refractivity contribution is 8.24. The molecule has 8 nitrogen and oxygen atoms in total. The summed E-state index contributed by atoms with van der Waals surface area (Å²) in [6.07, 6.45) is 0.454. The first-order valence-corrected chi connectivity index (χ1v) is 13.7. The first kappa shape index (κ1) is 25.2. The van der Waals surface area contributed by atoms with E-state index in [1.165, 1.54) is 18.2 Å². The summed E-state index contributed by atoms with van der Waals surface area (Å²) < 4.78 is 35.3. The average molecular weight is 543 g/mol. The van der Waals surface area contributed by atoms with E-state index in [-0.39, 0.29) is 23.0 Å². The van der Waals surface area contributed by atoms with E-state index in [9.17, 15) is 23.1 Å². The van der Waals surface area contributed by atoms with Crippen molar-refractivity contribution in [2.75, 3.05) is 11.5 Å². The number of nitrogens with zero attached hydrogens (tertiary/aromatic N) is 2. The first-order valence-electron chi connectivity index (χ1n) is 11.4. The lowest BCUT2D eigenvalue weighted by Crippen LogP contribution is -2.46. The fraction of sp³-hybridized carbons (Fsp3) is 0.192. The van der Waals surface area contributed by atoms with Crippen LogP contribution in [0.15, 0.2) is 60.7 Å². The van der Waals surface area contributed by atoms with Gasteiger partial charge in [-0.3, -0.25) is 18.7 Å². The summed E-state index contributed by atoms with van der Waals surface area (Å²) in [5.74, 6) is -1.05. The Labute approximate surface area is 218 Å². The Morgan fingerprint density at radius 3 is 2.46 bits per heavy atom. The van der Waals surface area contributed by atoms with Gasteiger partial charge in [-0.25, -0.2) is 9.07 Å². The van der Waals surface area contributed by atoms with Gasteiger partial charge >= 0.3 is 0 Å². The highest BCUT2D eigenvalue weighted by Gasteiger charge is 2.39. The smallest absolute Gasteiger partial charge is 0.251 e. The minimum Gasteiger partial charge on any atom is -0.366 e. The number of aromatic nitrogens is 2. The van der Waals surface area contributed by atoms with Crippen LogP contribution >= 0.6 is 22.2 Å². The molecule has 0 radical (unpaired) electrons. The molecule has 1 atom stereocenters. The van der Waals surface area contributed by atoms with Crippen molar-refractivity contribution in [3.63, 3.8) is 0 Å². The molecule has 2 heterocycles. The molecule has 0 bridgehead atoms. The van der Waals surface area contributed by atoms with Gasteiger partial charge < -0.3 is 11.1 Å². The van der Waals surface area contributed by atoms with Crippen molar-refractivity contribution < 1.29 is 23.1 Å². The van der Waals surface area contributed by atoms with E-state index in [2.05, 4.69) is 5.32 Å². The third kappa shape index (κ3) is 4.93. The second kappa shape index (κ2) is 9.14. The lowest BCUT2D eigenvalue weighted by atomic mass is 10.0. The van der Waals surface area contributed by atoms with Gasteiger partial charge in [-0.1, -0.05) is 11.6 Å². The van der Waals surface area contributed by atoms with Gasteiger partial charge in [0.2, 0.25) is 5.91 Å². The highest BCUT2D eigenvalue weighted by Crippen LogP contribution is 2.50. The number of hydrogen-bond donors (Lipinski definition) is 4. The predicted molar refractivity (Wildman–Crippen MR) is 143 cm³/mol. The van der Waals surface area contributed by atoms with Gasteiger partial charge in [-0.05, 0) is 74.0 Å². The maximum Gasteiger partial charge on any atom is 0.251 e. The van der Waals surface area contributed by atoms with E-state index in [1.807, 2.05) is 0 Å². The highest BCUT2D eigenvalue weighted by atomic mass is 35.5. The summed E-state index contributed by atoms with van der Waals surface area (Å²) in [7, 11) is -2.71. The zero-order chi connectivity index (χ0) is 26.5. The summed E-state index contributed by atoms with van der Waals surface area (Å²) in [4.78, 5) is 25.0. The molecule has 1 aliphatic rings. The van der Waals surface area contributed by atoms with Gasteiger partial charge in [0.1, 0.15) is 11.5 Å². The fourth-order valence-electron chi connectivity index (χ4n) is 4.58. The van der Waals surface area contributed by atoms with Crippen LogP contribution in [0.25, 0.3) is 27.8 Å². The molecule has 1 unspecified atom stereocenters. The third-order valence-electron chi connectivity index (χ3n) is 6.47. The van der Waals surface area contributed by atoms with Crippen LogP contribution in [0.3, 0.4) is 0 Å². The molecule has 192 valence electrons. The normalized spacial score (nSPS) is 19.6. The van der Waals surface area contributed by atoms with Crippen LogP contribution in [0.1, 0.15) is 34.1 Å². The van der Waals surface area contributed by atoms with Crippen molar-refractivity contribution in [1.29, 1.82) is 0 Å². The van der Waals surface area contributed by atoms with Crippen LogP contribution < -0.4 is 11.1 Å². The number of halogens is 2. The molecular weight excluding hydrogens is 519 g/mol. The van der Waals surface area contributed by atoms with Crippen molar-refractivity contribution in [1.82, 2.24) is 15.1 Å². The second-order valence-electron chi connectivity index (χ2n) is 9.44. The van der Waals surface area contributed by atoms with E-state index in [4.69, 9.17) is 22.4 Å². The summed E-state index contributed by atoms with van der Waals surface area (Å²) in [5.41, 5.74) is 7.35. The fourth-order valence-corrected chi connectivity index (χ4v) is 6.95. The SMILES string of the molecule is CC1(NC(=O)c2ccc3c(-c4cc(C(N)=O)ccc4Cl)nn(-c4ccc(F)cc4)c3c2)CCS(O)(O)C1. The van der Waals surface area contributed by atoms with Gasteiger partial charge in [-0.15, -0.1) is 0 Å². The number of nitrogens with two attached hydrogens (primary N) is 1. The third-order valence-corrected chi connectivity index (χ3v) is 8.75. The molecule has 1 fully saturated rings. The number of fused-ring (bicyclic) bond motifs is 1. The largest absolute Gasteiger partial charge is 0.366 e. The van der Waals surface area contributed by atoms with Crippen molar-refractivity contribution in [3.05, 3.63) is 82.6 Å². The molecular formula is C26H24ClFN4O4S. The van der Waals surface area contributed by atoms with Gasteiger partial charge in [0, 0.05) is 27.8 Å². The van der Waals surface area contributed by atoms with Crippen molar-refractivity contribution in [2.45, 2.75) is 18.9 Å². The Hall–Kier alpha value is -3.44. The lowest BCUT2D eigenvalue weighted by molar-refractivity contribution is 0.0914. The molecule has 1 aromatic heterocycles. The number of rotatable bonds is 5. The van der Waals surface area contributed by atoms with Gasteiger partial charge in [0.15, 0.2) is 0 Å². The molecule has 2 amide bonds. The Morgan fingerprint density at radius 1 is 1.11 bits per heavy atom. The predicted octanol–water partition coefficient (Wildman–Crippen LogP) is 5.23. The van der Waals surface area contributed by atoms with Crippen LogP contribution in [-0.4, -0.2) is 47.7 Å². The molecule has 4 aromatic rings. The Morgan fingerprint density at radius 2 is 1.81 bits per heavy atom. The topological polar surface area (TPSA) is 130 Å². The molecule has 5 rings (SSSR count). The van der Waals surface area contributed by atoms with E-state index in [1.54, 1.807) is 54.1 Å². The number of benzene rings is 3. The molecule has 0 saturated carbocycles. The number of primary amides is 1. The monoisotopic (exact) mass is 542 g/mol. The first-order chi connectivity index (χ1) is 17.4. The van der Waals surface area contributed by atoms with E-state index in [0.717, 1.165) is 0 Å². The van der Waals surface area contributed by atoms with Crippen LogP contribution in [0.5, 0.6) is 0 Å². The number of carbonyl (C=O) groups excluding carboxylic acids is 2. The summed E-state index contributed by atoms with van der Waals surface area (Å²) >= 11 is 6.47. The minimum absolute atomic E-state index is 0.0976. The molecule has 1 saturated heterocycles. The Bertz CT molecular complexity index is 1560. The molecule has 1 aliphatic heterocycles. The van der Waals surface area contributed by atoms with E-state index < -0.39 is 27.9 Å². The quantitative estimate of drug-likeness (QED) is 0.274. The molecule has 3 aromatic carbocycles. The zero-order valence-corrected chi connectivity index (χ0v) is 21.3. The van der Waals surface area contributed by atoms with Gasteiger partial charge in [0.05, 0.1) is 27.5 Å². The number of nitrogens with one attached hydrogen (secondary N) is 1. The molecule has 11 heteroatoms. The minimum atomic E-state index is -2.71. The number of amides is 2. The van der Waals surface area contributed by atoms with E-state index >= 15 is 0 Å². The maximum absolute atomic E-state index is 13.6. The molecule has 0 aliphatic carbocycles. The Kier molecular flexibility index (Phi) is 6.23.